The lowest BCUT2D eigenvalue weighted by Crippen LogP contribution is -2.33. The van der Waals surface area contributed by atoms with Gasteiger partial charge in [-0.05, 0) is 37.5 Å². The molecule has 1 unspecified atom stereocenters. The number of nitrogens with one attached hydrogen (secondary N) is 1. The normalized spacial score (nSPS) is 16.7. The Balaban J connectivity index is 1.41. The van der Waals surface area contributed by atoms with Crippen LogP contribution in [-0.2, 0) is 22.6 Å². The first-order valence-electron chi connectivity index (χ1n) is 9.13. The Morgan fingerprint density at radius 3 is 2.92 bits per heavy atom. The molecule has 26 heavy (non-hydrogen) atoms. The van der Waals surface area contributed by atoms with Gasteiger partial charge in [-0.1, -0.05) is 35.9 Å². The fourth-order valence-corrected chi connectivity index (χ4v) is 3.30. The molecule has 1 aliphatic rings. The van der Waals surface area contributed by atoms with Crippen molar-refractivity contribution in [2.24, 2.45) is 5.92 Å². The number of carbonyl (C=O) groups excluding carboxylic acids is 2. The quantitative estimate of drug-likeness (QED) is 0.780. The number of nitrogens with zero attached hydrogens (tertiary/aromatic N) is 2. The summed E-state index contributed by atoms with van der Waals surface area (Å²) in [4.78, 5) is 30.5. The van der Waals surface area contributed by atoms with E-state index < -0.39 is 0 Å². The Labute approximate surface area is 154 Å². The van der Waals surface area contributed by atoms with Crippen LogP contribution in [0.1, 0.15) is 29.7 Å². The lowest BCUT2D eigenvalue weighted by Gasteiger charge is -2.16. The summed E-state index contributed by atoms with van der Waals surface area (Å²) in [5.41, 5.74) is 3.39. The largest absolute Gasteiger partial charge is 0.356 e. The fraction of sp³-hybridized carbons (Fsp3) is 0.381. The molecule has 1 aliphatic heterocycles. The van der Waals surface area contributed by atoms with E-state index in [4.69, 9.17) is 0 Å². The van der Waals surface area contributed by atoms with Crippen molar-refractivity contribution in [1.82, 2.24) is 15.2 Å². The maximum Gasteiger partial charge on any atom is 0.225 e. The van der Waals surface area contributed by atoms with Gasteiger partial charge >= 0.3 is 0 Å². The smallest absolute Gasteiger partial charge is 0.225 e. The van der Waals surface area contributed by atoms with Crippen LogP contribution in [0, 0.1) is 12.8 Å². The highest BCUT2D eigenvalue weighted by molar-refractivity contribution is 5.89. The molecule has 5 heteroatoms. The van der Waals surface area contributed by atoms with Crippen molar-refractivity contribution >= 4 is 11.8 Å². The molecule has 1 atom stereocenters. The first-order chi connectivity index (χ1) is 12.6. The van der Waals surface area contributed by atoms with Crippen LogP contribution in [0.15, 0.2) is 48.7 Å². The van der Waals surface area contributed by atoms with Crippen LogP contribution in [-0.4, -0.2) is 34.8 Å². The molecule has 2 amide bonds. The van der Waals surface area contributed by atoms with E-state index in [1.165, 1.54) is 11.1 Å². The minimum Gasteiger partial charge on any atom is -0.356 e. The van der Waals surface area contributed by atoms with Crippen LogP contribution >= 0.6 is 0 Å². The zero-order valence-corrected chi connectivity index (χ0v) is 15.1. The van der Waals surface area contributed by atoms with E-state index in [-0.39, 0.29) is 24.2 Å². The summed E-state index contributed by atoms with van der Waals surface area (Å²) in [5, 5.41) is 2.98. The Kier molecular flexibility index (Phi) is 6.00. The second-order valence-electron chi connectivity index (χ2n) is 6.88. The van der Waals surface area contributed by atoms with E-state index in [0.29, 0.717) is 19.6 Å². The van der Waals surface area contributed by atoms with Gasteiger partial charge in [-0.3, -0.25) is 14.6 Å². The SMILES string of the molecule is Cc1cccc(CCCNC(=O)C2CC(=O)N(Cc3ccccn3)C2)c1. The molecule has 1 N–H and O–H groups in total. The monoisotopic (exact) mass is 351 g/mol. The van der Waals surface area contributed by atoms with E-state index in [2.05, 4.69) is 41.5 Å². The molecule has 1 fully saturated rings. The molecular weight excluding hydrogens is 326 g/mol. The second-order valence-corrected chi connectivity index (χ2v) is 6.88. The van der Waals surface area contributed by atoms with Gasteiger partial charge in [-0.25, -0.2) is 0 Å². The van der Waals surface area contributed by atoms with Gasteiger partial charge in [-0.15, -0.1) is 0 Å². The molecule has 0 radical (unpaired) electrons. The Morgan fingerprint density at radius 2 is 2.15 bits per heavy atom. The highest BCUT2D eigenvalue weighted by Gasteiger charge is 2.34. The summed E-state index contributed by atoms with van der Waals surface area (Å²) in [5.74, 6) is -0.258. The van der Waals surface area contributed by atoms with Gasteiger partial charge in [0.1, 0.15) is 0 Å². The lowest BCUT2D eigenvalue weighted by molar-refractivity contribution is -0.129. The molecule has 5 nitrogen and oxygen atoms in total. The summed E-state index contributed by atoms with van der Waals surface area (Å²) < 4.78 is 0. The van der Waals surface area contributed by atoms with Crippen molar-refractivity contribution in [2.75, 3.05) is 13.1 Å². The van der Waals surface area contributed by atoms with Gasteiger partial charge in [0.05, 0.1) is 18.2 Å². The zero-order chi connectivity index (χ0) is 18.4. The third kappa shape index (κ3) is 4.91. The standard InChI is InChI=1S/C21H25N3O2/c1-16-6-4-7-17(12-16)8-5-11-23-21(26)18-13-20(25)24(14-18)15-19-9-2-3-10-22-19/h2-4,6-7,9-10,12,18H,5,8,11,13-15H2,1H3,(H,23,26). The summed E-state index contributed by atoms with van der Waals surface area (Å²) >= 11 is 0. The van der Waals surface area contributed by atoms with Crippen molar-refractivity contribution in [3.63, 3.8) is 0 Å². The van der Waals surface area contributed by atoms with Crippen molar-refractivity contribution in [3.8, 4) is 0 Å². The van der Waals surface area contributed by atoms with E-state index in [1.54, 1.807) is 11.1 Å². The van der Waals surface area contributed by atoms with Gasteiger partial charge in [0.15, 0.2) is 0 Å². The molecule has 2 aromatic rings. The third-order valence-corrected chi connectivity index (χ3v) is 4.69. The highest BCUT2D eigenvalue weighted by atomic mass is 16.2. The molecule has 1 aromatic carbocycles. The number of hydrogen-bond acceptors (Lipinski definition) is 3. The number of benzene rings is 1. The van der Waals surface area contributed by atoms with Crippen molar-refractivity contribution in [1.29, 1.82) is 0 Å². The second kappa shape index (κ2) is 8.61. The molecule has 0 aliphatic carbocycles. The van der Waals surface area contributed by atoms with Gasteiger partial charge in [-0.2, -0.15) is 0 Å². The minimum atomic E-state index is -0.259. The van der Waals surface area contributed by atoms with Crippen molar-refractivity contribution < 1.29 is 9.59 Å². The number of pyridine rings is 1. The van der Waals surface area contributed by atoms with Gasteiger partial charge < -0.3 is 10.2 Å². The zero-order valence-electron chi connectivity index (χ0n) is 15.1. The summed E-state index contributed by atoms with van der Waals surface area (Å²) in [7, 11) is 0. The topological polar surface area (TPSA) is 62.3 Å². The number of rotatable bonds is 7. The number of aromatic nitrogens is 1. The lowest BCUT2D eigenvalue weighted by atomic mass is 10.1. The van der Waals surface area contributed by atoms with Crippen LogP contribution < -0.4 is 5.32 Å². The van der Waals surface area contributed by atoms with Crippen molar-refractivity contribution in [2.45, 2.75) is 32.7 Å². The number of hydrogen-bond donors (Lipinski definition) is 1. The van der Waals surface area contributed by atoms with Gasteiger partial charge in [0.2, 0.25) is 11.8 Å². The average Bonchev–Trinajstić information content (AvgIpc) is 3.00. The highest BCUT2D eigenvalue weighted by Crippen LogP contribution is 2.19. The van der Waals surface area contributed by atoms with Gasteiger partial charge in [0, 0.05) is 25.7 Å². The minimum absolute atomic E-state index is 0.0221. The molecule has 3 rings (SSSR count). The predicted octanol–water partition coefficient (Wildman–Crippen LogP) is 2.49. The van der Waals surface area contributed by atoms with E-state index in [9.17, 15) is 9.59 Å². The molecular formula is C21H25N3O2. The summed E-state index contributed by atoms with van der Waals surface area (Å²) in [6.45, 7) is 3.66. The Hall–Kier alpha value is -2.69. The molecule has 0 spiro atoms. The third-order valence-electron chi connectivity index (χ3n) is 4.69. The van der Waals surface area contributed by atoms with Crippen molar-refractivity contribution in [3.05, 3.63) is 65.5 Å². The first-order valence-corrected chi connectivity index (χ1v) is 9.13. The maximum atomic E-state index is 12.3. The van der Waals surface area contributed by atoms with E-state index in [0.717, 1.165) is 18.5 Å². The van der Waals surface area contributed by atoms with Crippen LogP contribution in [0.4, 0.5) is 0 Å². The molecule has 2 heterocycles. The maximum absolute atomic E-state index is 12.3. The van der Waals surface area contributed by atoms with Crippen LogP contribution in [0.25, 0.3) is 0 Å². The molecule has 1 aromatic heterocycles. The summed E-state index contributed by atoms with van der Waals surface area (Å²) in [6.07, 6.45) is 3.84. The van der Waals surface area contributed by atoms with E-state index >= 15 is 0 Å². The van der Waals surface area contributed by atoms with Crippen LogP contribution in [0.3, 0.4) is 0 Å². The molecule has 1 saturated heterocycles. The molecule has 0 saturated carbocycles. The number of amides is 2. The number of likely N-dealkylation sites (tertiary alicyclic amines) is 1. The average molecular weight is 351 g/mol. The van der Waals surface area contributed by atoms with Gasteiger partial charge in [0.25, 0.3) is 0 Å². The molecule has 136 valence electrons. The van der Waals surface area contributed by atoms with Crippen LogP contribution in [0.5, 0.6) is 0 Å². The number of aryl methyl sites for hydroxylation is 2. The Bertz CT molecular complexity index is 761. The van der Waals surface area contributed by atoms with E-state index in [1.807, 2.05) is 18.2 Å². The van der Waals surface area contributed by atoms with Crippen LogP contribution in [0.2, 0.25) is 0 Å². The predicted molar refractivity (Wildman–Crippen MR) is 100 cm³/mol. The molecule has 0 bridgehead atoms. The Morgan fingerprint density at radius 1 is 1.27 bits per heavy atom. The first kappa shape index (κ1) is 18.1. The fourth-order valence-electron chi connectivity index (χ4n) is 3.30. The number of carbonyl (C=O) groups is 2. The summed E-state index contributed by atoms with van der Waals surface area (Å²) in [6, 6.07) is 14.1.